The predicted octanol–water partition coefficient (Wildman–Crippen LogP) is 7.06. The molecule has 0 aliphatic carbocycles. The van der Waals surface area contributed by atoms with E-state index in [2.05, 4.69) is 22.2 Å². The normalized spacial score (nSPS) is 13.1. The van der Waals surface area contributed by atoms with Crippen molar-refractivity contribution in [3.05, 3.63) is 76.0 Å². The van der Waals surface area contributed by atoms with Gasteiger partial charge in [0.25, 0.3) is 0 Å². The lowest BCUT2D eigenvalue weighted by atomic mass is 10.2. The van der Waals surface area contributed by atoms with Crippen LogP contribution in [0, 0.1) is 0 Å². The van der Waals surface area contributed by atoms with Crippen LogP contribution in [0.1, 0.15) is 24.5 Å². The van der Waals surface area contributed by atoms with Crippen LogP contribution in [0.5, 0.6) is 17.2 Å². The Hall–Kier alpha value is -2.72. The topological polar surface area (TPSA) is 71.3 Å². The standard InChI is InChI=1S/C24H20Cl2N4O3S2/c1-3-8-30-22(14(2)33-20-10-16(25)5-6-18(20)26)28-29-24(30)35-12-17-11-34-23(27-17)15-4-7-19-21(9-15)32-13-31-19/h3-7,9-11,14H,1,8,12-13H2,2H3. The van der Waals surface area contributed by atoms with Gasteiger partial charge in [0.1, 0.15) is 10.8 Å². The first-order valence-electron chi connectivity index (χ1n) is 10.6. The Labute approximate surface area is 220 Å². The van der Waals surface area contributed by atoms with Crippen LogP contribution in [0.4, 0.5) is 0 Å². The summed E-state index contributed by atoms with van der Waals surface area (Å²) in [7, 11) is 0. The van der Waals surface area contributed by atoms with Crippen LogP contribution in [0.25, 0.3) is 10.6 Å². The fourth-order valence-electron chi connectivity index (χ4n) is 3.49. The number of benzene rings is 2. The van der Waals surface area contributed by atoms with E-state index in [-0.39, 0.29) is 6.79 Å². The van der Waals surface area contributed by atoms with Gasteiger partial charge in [-0.2, -0.15) is 0 Å². The molecule has 0 saturated carbocycles. The Bertz CT molecular complexity index is 1370. The van der Waals surface area contributed by atoms with E-state index >= 15 is 0 Å². The summed E-state index contributed by atoms with van der Waals surface area (Å²) in [6, 6.07) is 11.0. The van der Waals surface area contributed by atoms with Crippen molar-refractivity contribution < 1.29 is 14.2 Å². The molecule has 180 valence electrons. The van der Waals surface area contributed by atoms with Crippen LogP contribution in [-0.2, 0) is 12.3 Å². The monoisotopic (exact) mass is 546 g/mol. The molecule has 0 radical (unpaired) electrons. The van der Waals surface area contributed by atoms with Gasteiger partial charge in [0.2, 0.25) is 6.79 Å². The molecule has 1 aliphatic rings. The SMILES string of the molecule is C=CCn1c(SCc2csc(-c3ccc4c(c3)OCO4)n2)nnc1C(C)Oc1cc(Cl)ccc1Cl. The third kappa shape index (κ3) is 5.28. The van der Waals surface area contributed by atoms with E-state index < -0.39 is 6.10 Å². The fraction of sp³-hybridized carbons (Fsp3) is 0.208. The van der Waals surface area contributed by atoms with Crippen molar-refractivity contribution in [1.82, 2.24) is 19.7 Å². The highest BCUT2D eigenvalue weighted by molar-refractivity contribution is 7.98. The summed E-state index contributed by atoms with van der Waals surface area (Å²) in [5, 5.41) is 13.5. The Morgan fingerprint density at radius 1 is 1.20 bits per heavy atom. The number of nitrogens with zero attached hydrogens (tertiary/aromatic N) is 4. The van der Waals surface area contributed by atoms with Crippen LogP contribution in [-0.4, -0.2) is 26.5 Å². The maximum absolute atomic E-state index is 6.26. The highest BCUT2D eigenvalue weighted by Crippen LogP contribution is 2.37. The van der Waals surface area contributed by atoms with Crippen LogP contribution >= 0.6 is 46.3 Å². The molecule has 0 saturated heterocycles. The summed E-state index contributed by atoms with van der Waals surface area (Å²) in [6.07, 6.45) is 1.40. The minimum Gasteiger partial charge on any atom is -0.481 e. The van der Waals surface area contributed by atoms with Gasteiger partial charge in [0.05, 0.1) is 10.7 Å². The quantitative estimate of drug-likeness (QED) is 0.164. The maximum atomic E-state index is 6.26. The number of ether oxygens (including phenoxy) is 3. The van der Waals surface area contributed by atoms with Gasteiger partial charge >= 0.3 is 0 Å². The van der Waals surface area contributed by atoms with E-state index in [0.29, 0.717) is 33.9 Å². The van der Waals surface area contributed by atoms with Gasteiger partial charge in [-0.25, -0.2) is 4.98 Å². The van der Waals surface area contributed by atoms with E-state index in [0.717, 1.165) is 32.9 Å². The molecule has 35 heavy (non-hydrogen) atoms. The van der Waals surface area contributed by atoms with Gasteiger partial charge in [-0.15, -0.1) is 28.1 Å². The highest BCUT2D eigenvalue weighted by atomic mass is 35.5. The van der Waals surface area contributed by atoms with Crippen LogP contribution in [0.2, 0.25) is 10.0 Å². The zero-order valence-corrected chi connectivity index (χ0v) is 21.8. The van der Waals surface area contributed by atoms with Crippen molar-refractivity contribution in [1.29, 1.82) is 0 Å². The summed E-state index contributed by atoms with van der Waals surface area (Å²) in [5.74, 6) is 3.31. The van der Waals surface area contributed by atoms with Crippen molar-refractivity contribution >= 4 is 46.3 Å². The molecule has 7 nitrogen and oxygen atoms in total. The third-order valence-corrected chi connectivity index (χ3v) is 7.63. The average Bonchev–Trinajstić information content (AvgIpc) is 3.59. The Morgan fingerprint density at radius 2 is 2.06 bits per heavy atom. The second kappa shape index (κ2) is 10.5. The number of allylic oxidation sites excluding steroid dienone is 1. The molecule has 5 rings (SSSR count). The summed E-state index contributed by atoms with van der Waals surface area (Å²) < 4.78 is 18.9. The zero-order valence-electron chi connectivity index (χ0n) is 18.6. The molecule has 3 heterocycles. The van der Waals surface area contributed by atoms with Crippen molar-refractivity contribution in [2.45, 2.75) is 30.5 Å². The van der Waals surface area contributed by atoms with Gasteiger partial charge in [-0.05, 0) is 37.3 Å². The lowest BCUT2D eigenvalue weighted by Gasteiger charge is -2.16. The van der Waals surface area contributed by atoms with Crippen molar-refractivity contribution in [2.75, 3.05) is 6.79 Å². The van der Waals surface area contributed by atoms with Gasteiger partial charge in [0, 0.05) is 34.3 Å². The van der Waals surface area contributed by atoms with Gasteiger partial charge in [-0.1, -0.05) is 41.0 Å². The van der Waals surface area contributed by atoms with E-state index in [1.807, 2.05) is 29.7 Å². The summed E-state index contributed by atoms with van der Waals surface area (Å²) in [6.45, 7) is 6.56. The molecular weight excluding hydrogens is 527 g/mol. The average molecular weight is 547 g/mol. The molecule has 4 aromatic rings. The smallest absolute Gasteiger partial charge is 0.231 e. The largest absolute Gasteiger partial charge is 0.481 e. The van der Waals surface area contributed by atoms with E-state index in [1.54, 1.807) is 47.4 Å². The molecule has 2 aromatic heterocycles. The maximum Gasteiger partial charge on any atom is 0.231 e. The molecular formula is C24H20Cl2N4O3S2. The number of rotatable bonds is 9. The molecule has 0 spiro atoms. The molecule has 11 heteroatoms. The fourth-order valence-corrected chi connectivity index (χ4v) is 5.59. The predicted molar refractivity (Wildman–Crippen MR) is 139 cm³/mol. The van der Waals surface area contributed by atoms with Gasteiger partial charge < -0.3 is 14.2 Å². The number of aromatic nitrogens is 4. The van der Waals surface area contributed by atoms with E-state index in [9.17, 15) is 0 Å². The number of thiazole rings is 1. The van der Waals surface area contributed by atoms with Gasteiger partial charge in [-0.3, -0.25) is 4.57 Å². The van der Waals surface area contributed by atoms with E-state index in [1.165, 1.54) is 0 Å². The molecule has 0 amide bonds. The van der Waals surface area contributed by atoms with Crippen LogP contribution < -0.4 is 14.2 Å². The molecule has 1 unspecified atom stereocenters. The minimum atomic E-state index is -0.398. The second-order valence-corrected chi connectivity index (χ2v) is 10.2. The first-order chi connectivity index (χ1) is 17.0. The number of halogens is 2. The molecule has 0 bridgehead atoms. The van der Waals surface area contributed by atoms with Crippen LogP contribution in [0.3, 0.4) is 0 Å². The Morgan fingerprint density at radius 3 is 2.91 bits per heavy atom. The van der Waals surface area contributed by atoms with E-state index in [4.69, 9.17) is 42.4 Å². The number of thioether (sulfide) groups is 1. The van der Waals surface area contributed by atoms with Crippen molar-refractivity contribution in [3.63, 3.8) is 0 Å². The molecule has 1 aliphatic heterocycles. The van der Waals surface area contributed by atoms with Crippen molar-refractivity contribution in [3.8, 4) is 27.8 Å². The lowest BCUT2D eigenvalue weighted by Crippen LogP contribution is -2.12. The molecule has 0 fully saturated rings. The summed E-state index contributed by atoms with van der Waals surface area (Å²) in [5.41, 5.74) is 1.95. The molecule has 1 atom stereocenters. The van der Waals surface area contributed by atoms with Gasteiger partial charge in [0.15, 0.2) is 28.6 Å². The first-order valence-corrected chi connectivity index (χ1v) is 13.3. The third-order valence-electron chi connectivity index (χ3n) is 5.14. The number of hydrogen-bond donors (Lipinski definition) is 0. The molecule has 0 N–H and O–H groups in total. The highest BCUT2D eigenvalue weighted by Gasteiger charge is 2.21. The number of hydrogen-bond acceptors (Lipinski definition) is 8. The zero-order chi connectivity index (χ0) is 24.4. The Kier molecular flexibility index (Phi) is 7.19. The second-order valence-electron chi connectivity index (χ2n) is 7.58. The minimum absolute atomic E-state index is 0.252. The van der Waals surface area contributed by atoms with Crippen LogP contribution in [0.15, 0.2) is 59.6 Å². The first kappa shape index (κ1) is 24.0. The Balaban J connectivity index is 1.29. The van der Waals surface area contributed by atoms with Crippen molar-refractivity contribution in [2.24, 2.45) is 0 Å². The lowest BCUT2D eigenvalue weighted by molar-refractivity contribution is 0.174. The summed E-state index contributed by atoms with van der Waals surface area (Å²) >= 11 is 15.5. The summed E-state index contributed by atoms with van der Waals surface area (Å²) in [4.78, 5) is 4.78. The number of fused-ring (bicyclic) bond motifs is 1. The molecule has 2 aromatic carbocycles.